The molecule has 0 spiro atoms. The summed E-state index contributed by atoms with van der Waals surface area (Å²) in [5.41, 5.74) is 1.99. The van der Waals surface area contributed by atoms with E-state index < -0.39 is 10.0 Å². The van der Waals surface area contributed by atoms with Crippen LogP contribution in [0.3, 0.4) is 0 Å². The molecule has 1 fully saturated rings. The second kappa shape index (κ2) is 8.37. The average molecular weight is 396 g/mol. The third-order valence-electron chi connectivity index (χ3n) is 4.68. The molecule has 0 aliphatic heterocycles. The Morgan fingerprint density at radius 1 is 1.27 bits per heavy atom. The summed E-state index contributed by atoms with van der Waals surface area (Å²) < 4.78 is 30.3. The van der Waals surface area contributed by atoms with Crippen molar-refractivity contribution in [2.75, 3.05) is 25.2 Å². The van der Waals surface area contributed by atoms with E-state index in [1.54, 1.807) is 18.4 Å². The Balaban J connectivity index is 1.52. The Morgan fingerprint density at radius 2 is 2.04 bits per heavy atom. The van der Waals surface area contributed by atoms with Gasteiger partial charge in [-0.2, -0.15) is 0 Å². The van der Waals surface area contributed by atoms with Crippen molar-refractivity contribution < 1.29 is 13.2 Å². The summed E-state index contributed by atoms with van der Waals surface area (Å²) in [6, 6.07) is 8.30. The summed E-state index contributed by atoms with van der Waals surface area (Å²) in [6.07, 6.45) is 5.32. The van der Waals surface area contributed by atoms with Gasteiger partial charge in [0.15, 0.2) is 5.13 Å². The summed E-state index contributed by atoms with van der Waals surface area (Å²) in [4.78, 5) is 4.70. The van der Waals surface area contributed by atoms with Crippen LogP contribution in [-0.4, -0.2) is 39.4 Å². The maximum Gasteiger partial charge on any atom is 0.208 e. The molecule has 1 aromatic heterocycles. The highest BCUT2D eigenvalue weighted by Crippen LogP contribution is 2.30. The number of hydrogen-bond acceptors (Lipinski definition) is 6. The maximum atomic E-state index is 11.2. The molecule has 1 aliphatic rings. The van der Waals surface area contributed by atoms with Crippen molar-refractivity contribution in [3.8, 4) is 17.0 Å². The number of sulfonamides is 1. The zero-order chi connectivity index (χ0) is 18.6. The number of nitrogens with zero attached hydrogens (tertiary/aromatic N) is 1. The predicted molar refractivity (Wildman–Crippen MR) is 106 cm³/mol. The van der Waals surface area contributed by atoms with Crippen LogP contribution >= 0.6 is 11.3 Å². The van der Waals surface area contributed by atoms with Crippen LogP contribution in [0.2, 0.25) is 0 Å². The molecule has 1 aliphatic carbocycles. The van der Waals surface area contributed by atoms with E-state index in [2.05, 4.69) is 15.4 Å². The molecule has 8 heteroatoms. The van der Waals surface area contributed by atoms with Gasteiger partial charge in [-0.3, -0.25) is 0 Å². The van der Waals surface area contributed by atoms with Crippen molar-refractivity contribution in [1.29, 1.82) is 0 Å². The third kappa shape index (κ3) is 5.43. The highest BCUT2D eigenvalue weighted by Gasteiger charge is 2.22. The number of nitrogens with one attached hydrogen (secondary N) is 2. The quantitative estimate of drug-likeness (QED) is 0.752. The van der Waals surface area contributed by atoms with Gasteiger partial charge in [0.2, 0.25) is 10.0 Å². The monoisotopic (exact) mass is 395 g/mol. The lowest BCUT2D eigenvalue weighted by Gasteiger charge is -2.28. The van der Waals surface area contributed by atoms with Gasteiger partial charge < -0.3 is 10.1 Å². The summed E-state index contributed by atoms with van der Waals surface area (Å²) in [5.74, 6) is 1.25. The molecule has 26 heavy (non-hydrogen) atoms. The molecular weight excluding hydrogens is 370 g/mol. The van der Waals surface area contributed by atoms with E-state index in [0.717, 1.165) is 47.8 Å². The van der Waals surface area contributed by atoms with Crippen molar-refractivity contribution in [3.05, 3.63) is 29.6 Å². The zero-order valence-electron chi connectivity index (χ0n) is 15.1. The maximum absolute atomic E-state index is 11.2. The first kappa shape index (κ1) is 19.1. The van der Waals surface area contributed by atoms with Gasteiger partial charge in [0.25, 0.3) is 0 Å². The number of benzene rings is 1. The first-order chi connectivity index (χ1) is 12.4. The van der Waals surface area contributed by atoms with Gasteiger partial charge in [-0.05, 0) is 43.7 Å². The molecule has 142 valence electrons. The molecule has 0 amide bonds. The van der Waals surface area contributed by atoms with E-state index in [1.165, 1.54) is 6.26 Å². The number of hydrogen-bond donors (Lipinski definition) is 2. The normalized spacial score (nSPS) is 20.7. The van der Waals surface area contributed by atoms with Crippen LogP contribution < -0.4 is 14.8 Å². The van der Waals surface area contributed by atoms with Gasteiger partial charge in [0.05, 0.1) is 19.1 Å². The fourth-order valence-electron chi connectivity index (χ4n) is 3.21. The number of ether oxygens (including phenoxy) is 1. The van der Waals surface area contributed by atoms with E-state index in [-0.39, 0.29) is 0 Å². The summed E-state index contributed by atoms with van der Waals surface area (Å²) in [7, 11) is -1.44. The fourth-order valence-corrected chi connectivity index (χ4v) is 4.55. The number of aromatic nitrogens is 1. The molecule has 0 atom stereocenters. The topological polar surface area (TPSA) is 80.3 Å². The highest BCUT2D eigenvalue weighted by atomic mass is 32.2. The van der Waals surface area contributed by atoms with Crippen molar-refractivity contribution >= 4 is 26.5 Å². The lowest BCUT2D eigenvalue weighted by molar-refractivity contribution is 0.337. The Morgan fingerprint density at radius 3 is 2.73 bits per heavy atom. The lowest BCUT2D eigenvalue weighted by atomic mass is 9.86. The van der Waals surface area contributed by atoms with Gasteiger partial charge in [0.1, 0.15) is 5.75 Å². The van der Waals surface area contributed by atoms with Crippen molar-refractivity contribution in [1.82, 2.24) is 9.71 Å². The van der Waals surface area contributed by atoms with Crippen LogP contribution in [0.25, 0.3) is 11.3 Å². The molecule has 1 saturated carbocycles. The molecule has 0 radical (unpaired) electrons. The number of rotatable bonds is 7. The Bertz CT molecular complexity index is 828. The van der Waals surface area contributed by atoms with Crippen LogP contribution in [0.5, 0.6) is 5.75 Å². The van der Waals surface area contributed by atoms with Crippen molar-refractivity contribution in [3.63, 3.8) is 0 Å². The minimum absolute atomic E-state index is 0.397. The van der Waals surface area contributed by atoms with Crippen LogP contribution in [0, 0.1) is 5.92 Å². The summed E-state index contributed by atoms with van der Waals surface area (Å²) in [5, 5.41) is 6.52. The summed E-state index contributed by atoms with van der Waals surface area (Å²) in [6.45, 7) is 0.544. The summed E-state index contributed by atoms with van der Waals surface area (Å²) >= 11 is 1.61. The van der Waals surface area contributed by atoms with Gasteiger partial charge in [-0.25, -0.2) is 18.1 Å². The third-order valence-corrected chi connectivity index (χ3v) is 6.14. The number of thiazole rings is 1. The predicted octanol–water partition coefficient (Wildman–Crippen LogP) is 3.34. The van der Waals surface area contributed by atoms with Crippen LogP contribution in [0.15, 0.2) is 29.6 Å². The van der Waals surface area contributed by atoms with Crippen LogP contribution in [0.1, 0.15) is 25.7 Å². The second-order valence-corrected chi connectivity index (χ2v) is 9.44. The van der Waals surface area contributed by atoms with Crippen LogP contribution in [-0.2, 0) is 10.0 Å². The van der Waals surface area contributed by atoms with Gasteiger partial charge >= 0.3 is 0 Å². The highest BCUT2D eigenvalue weighted by molar-refractivity contribution is 7.88. The smallest absolute Gasteiger partial charge is 0.208 e. The number of anilines is 1. The lowest BCUT2D eigenvalue weighted by Crippen LogP contribution is -2.33. The van der Waals surface area contributed by atoms with Gasteiger partial charge in [-0.1, -0.05) is 12.1 Å². The molecule has 2 aromatic rings. The van der Waals surface area contributed by atoms with E-state index >= 15 is 0 Å². The number of methoxy groups -OCH3 is 1. The zero-order valence-corrected chi connectivity index (χ0v) is 16.7. The minimum Gasteiger partial charge on any atom is -0.497 e. The molecule has 3 rings (SSSR count). The molecule has 1 aromatic carbocycles. The average Bonchev–Trinajstić information content (AvgIpc) is 3.09. The first-order valence-corrected chi connectivity index (χ1v) is 11.5. The first-order valence-electron chi connectivity index (χ1n) is 8.74. The fraction of sp³-hybridized carbons (Fsp3) is 0.500. The van der Waals surface area contributed by atoms with Crippen LogP contribution in [0.4, 0.5) is 5.13 Å². The molecule has 0 unspecified atom stereocenters. The molecule has 2 N–H and O–H groups in total. The van der Waals surface area contributed by atoms with Gasteiger partial charge in [0, 0.05) is 23.5 Å². The van der Waals surface area contributed by atoms with E-state index in [1.807, 2.05) is 24.3 Å². The minimum atomic E-state index is -3.10. The molecule has 0 bridgehead atoms. The van der Waals surface area contributed by atoms with E-state index in [9.17, 15) is 8.42 Å². The largest absolute Gasteiger partial charge is 0.497 e. The Labute approximate surface area is 159 Å². The molecular formula is C18H25N3O3S2. The van der Waals surface area contributed by atoms with Crippen molar-refractivity contribution in [2.45, 2.75) is 31.7 Å². The SMILES string of the molecule is COc1cccc(-c2csc(NC3CCC(CNS(C)(=O)=O)CC3)n2)c1. The second-order valence-electron chi connectivity index (χ2n) is 6.75. The Kier molecular flexibility index (Phi) is 6.16. The standard InChI is InChI=1S/C18H25N3O3S2/c1-24-16-5-3-4-14(10-16)17-12-25-18(21-17)20-15-8-6-13(7-9-15)11-19-26(2,22)23/h3-5,10,12-13,15,19H,6-9,11H2,1-2H3,(H,20,21). The van der Waals surface area contributed by atoms with E-state index in [0.29, 0.717) is 18.5 Å². The molecule has 1 heterocycles. The van der Waals surface area contributed by atoms with E-state index in [4.69, 9.17) is 9.72 Å². The molecule has 6 nitrogen and oxygen atoms in total. The Hall–Kier alpha value is -1.64. The van der Waals surface area contributed by atoms with Gasteiger partial charge in [-0.15, -0.1) is 11.3 Å². The van der Waals surface area contributed by atoms with Crippen molar-refractivity contribution in [2.24, 2.45) is 5.92 Å². The molecule has 0 saturated heterocycles.